The molecule has 3 heterocycles. The molecule has 0 bridgehead atoms. The Hall–Kier alpha value is -2.73. The lowest BCUT2D eigenvalue weighted by atomic mass is 10.2. The predicted molar refractivity (Wildman–Crippen MR) is 94.2 cm³/mol. The molecule has 0 fully saturated rings. The summed E-state index contributed by atoms with van der Waals surface area (Å²) in [4.78, 5) is 23.4. The first-order valence-corrected chi connectivity index (χ1v) is 7.80. The topological polar surface area (TPSA) is 62.5 Å². The van der Waals surface area contributed by atoms with Gasteiger partial charge in [0.25, 0.3) is 5.91 Å². The summed E-state index contributed by atoms with van der Waals surface area (Å²) in [7, 11) is 4.00. The van der Waals surface area contributed by atoms with Crippen LogP contribution in [-0.2, 0) is 6.54 Å². The number of amides is 1. The number of hydrogen-bond acceptors (Lipinski definition) is 4. The Labute approximate surface area is 141 Å². The van der Waals surface area contributed by atoms with Crippen LogP contribution < -0.4 is 5.32 Å². The second kappa shape index (κ2) is 6.41. The molecule has 24 heavy (non-hydrogen) atoms. The van der Waals surface area contributed by atoms with Crippen LogP contribution in [0.4, 0.5) is 5.82 Å². The highest BCUT2D eigenvalue weighted by molar-refractivity contribution is 6.08. The van der Waals surface area contributed by atoms with Crippen LogP contribution >= 0.6 is 0 Å². The van der Waals surface area contributed by atoms with E-state index in [2.05, 4.69) is 20.2 Å². The number of rotatable bonds is 4. The van der Waals surface area contributed by atoms with E-state index in [0.29, 0.717) is 17.0 Å². The van der Waals surface area contributed by atoms with E-state index in [9.17, 15) is 4.79 Å². The average molecular weight is 323 g/mol. The number of carbonyl (C=O) groups is 1. The summed E-state index contributed by atoms with van der Waals surface area (Å²) in [5.41, 5.74) is 4.23. The zero-order valence-electron chi connectivity index (χ0n) is 14.4. The second-order valence-corrected chi connectivity index (χ2v) is 6.20. The zero-order chi connectivity index (χ0) is 17.3. The van der Waals surface area contributed by atoms with Gasteiger partial charge in [0.05, 0.1) is 5.56 Å². The molecule has 0 aliphatic heterocycles. The molecule has 1 N–H and O–H groups in total. The van der Waals surface area contributed by atoms with E-state index >= 15 is 0 Å². The van der Waals surface area contributed by atoms with Crippen molar-refractivity contribution in [3.05, 3.63) is 59.2 Å². The van der Waals surface area contributed by atoms with Crippen molar-refractivity contribution >= 4 is 17.4 Å². The van der Waals surface area contributed by atoms with Gasteiger partial charge in [0, 0.05) is 30.3 Å². The minimum atomic E-state index is -0.204. The minimum absolute atomic E-state index is 0.204. The largest absolute Gasteiger partial charge is 0.306 e. The predicted octanol–water partition coefficient (Wildman–Crippen LogP) is 2.66. The first kappa shape index (κ1) is 16.1. The van der Waals surface area contributed by atoms with Gasteiger partial charge in [0.15, 0.2) is 0 Å². The summed E-state index contributed by atoms with van der Waals surface area (Å²) >= 11 is 0. The number of anilines is 1. The monoisotopic (exact) mass is 323 g/mol. The molecule has 124 valence electrons. The van der Waals surface area contributed by atoms with Gasteiger partial charge in [-0.1, -0.05) is 0 Å². The van der Waals surface area contributed by atoms with Crippen LogP contribution in [0.25, 0.3) is 5.65 Å². The van der Waals surface area contributed by atoms with E-state index in [-0.39, 0.29) is 5.91 Å². The summed E-state index contributed by atoms with van der Waals surface area (Å²) in [6.07, 6.45) is 3.57. The van der Waals surface area contributed by atoms with Gasteiger partial charge in [-0.3, -0.25) is 4.79 Å². The van der Waals surface area contributed by atoms with E-state index in [4.69, 9.17) is 0 Å². The van der Waals surface area contributed by atoms with Crippen LogP contribution in [-0.4, -0.2) is 39.3 Å². The molecule has 0 atom stereocenters. The van der Waals surface area contributed by atoms with Crippen LogP contribution in [0, 0.1) is 13.8 Å². The van der Waals surface area contributed by atoms with Crippen molar-refractivity contribution in [2.24, 2.45) is 0 Å². The summed E-state index contributed by atoms with van der Waals surface area (Å²) in [6, 6.07) is 7.60. The molecule has 0 saturated heterocycles. The number of aryl methyl sites for hydroxylation is 2. The molecule has 0 aromatic carbocycles. The maximum Gasteiger partial charge on any atom is 0.260 e. The van der Waals surface area contributed by atoms with Gasteiger partial charge in [-0.05, 0) is 57.8 Å². The van der Waals surface area contributed by atoms with E-state index < -0.39 is 0 Å². The van der Waals surface area contributed by atoms with Gasteiger partial charge in [0.1, 0.15) is 11.5 Å². The molecule has 6 nitrogen and oxygen atoms in total. The van der Waals surface area contributed by atoms with Gasteiger partial charge in [0.2, 0.25) is 0 Å². The number of carbonyl (C=O) groups excluding carboxylic acids is 1. The molecule has 0 unspecified atom stereocenters. The van der Waals surface area contributed by atoms with Crippen molar-refractivity contribution in [3.63, 3.8) is 0 Å². The molecule has 3 rings (SSSR count). The SMILES string of the molecule is Cc1cc(C)n2ccc(C(=O)Nc3cc(CN(C)C)ccn3)c2n1. The summed E-state index contributed by atoms with van der Waals surface area (Å²) in [5.74, 6) is 0.340. The molecule has 0 radical (unpaired) electrons. The van der Waals surface area contributed by atoms with Crippen molar-refractivity contribution in [2.45, 2.75) is 20.4 Å². The lowest BCUT2D eigenvalue weighted by molar-refractivity contribution is 0.102. The smallest absolute Gasteiger partial charge is 0.260 e. The van der Waals surface area contributed by atoms with Crippen molar-refractivity contribution in [3.8, 4) is 0 Å². The van der Waals surface area contributed by atoms with E-state index in [0.717, 1.165) is 23.5 Å². The molecule has 0 spiro atoms. The van der Waals surface area contributed by atoms with E-state index in [1.54, 1.807) is 12.3 Å². The van der Waals surface area contributed by atoms with Crippen LogP contribution in [0.1, 0.15) is 27.3 Å². The number of fused-ring (bicyclic) bond motifs is 1. The first-order chi connectivity index (χ1) is 11.4. The third-order valence-corrected chi connectivity index (χ3v) is 3.75. The number of aromatic nitrogens is 3. The fourth-order valence-electron chi connectivity index (χ4n) is 2.76. The van der Waals surface area contributed by atoms with Crippen molar-refractivity contribution in [1.29, 1.82) is 0 Å². The minimum Gasteiger partial charge on any atom is -0.306 e. The fraction of sp³-hybridized carbons (Fsp3) is 0.278. The van der Waals surface area contributed by atoms with Crippen LogP contribution in [0.2, 0.25) is 0 Å². The van der Waals surface area contributed by atoms with Crippen LogP contribution in [0.15, 0.2) is 36.7 Å². The summed E-state index contributed by atoms with van der Waals surface area (Å²) in [6.45, 7) is 4.71. The van der Waals surface area contributed by atoms with Gasteiger partial charge < -0.3 is 14.6 Å². The molecule has 1 amide bonds. The molecule has 0 aliphatic carbocycles. The Balaban J connectivity index is 1.88. The van der Waals surface area contributed by atoms with Gasteiger partial charge >= 0.3 is 0 Å². The number of nitrogens with one attached hydrogen (secondary N) is 1. The lowest BCUT2D eigenvalue weighted by Gasteiger charge is -2.11. The molecule has 0 saturated carbocycles. The molecule has 3 aromatic rings. The van der Waals surface area contributed by atoms with Gasteiger partial charge in [-0.15, -0.1) is 0 Å². The Morgan fingerprint density at radius 3 is 2.79 bits per heavy atom. The maximum absolute atomic E-state index is 12.6. The Bertz CT molecular complexity index is 898. The molecular weight excluding hydrogens is 302 g/mol. The van der Waals surface area contributed by atoms with E-state index in [1.165, 1.54) is 0 Å². The van der Waals surface area contributed by atoms with Crippen molar-refractivity contribution < 1.29 is 4.79 Å². The van der Waals surface area contributed by atoms with Crippen molar-refractivity contribution in [1.82, 2.24) is 19.3 Å². The molecule has 6 heteroatoms. The number of hydrogen-bond donors (Lipinski definition) is 1. The lowest BCUT2D eigenvalue weighted by Crippen LogP contribution is -2.15. The Morgan fingerprint density at radius 2 is 2.04 bits per heavy atom. The van der Waals surface area contributed by atoms with Crippen molar-refractivity contribution in [2.75, 3.05) is 19.4 Å². The van der Waals surface area contributed by atoms with Gasteiger partial charge in [-0.25, -0.2) is 9.97 Å². The van der Waals surface area contributed by atoms with Crippen LogP contribution in [0.3, 0.4) is 0 Å². The Morgan fingerprint density at radius 1 is 1.25 bits per heavy atom. The van der Waals surface area contributed by atoms with E-state index in [1.807, 2.05) is 56.7 Å². The molecule has 0 aliphatic rings. The highest BCUT2D eigenvalue weighted by atomic mass is 16.1. The van der Waals surface area contributed by atoms with Crippen LogP contribution in [0.5, 0.6) is 0 Å². The second-order valence-electron chi connectivity index (χ2n) is 6.20. The number of pyridine rings is 1. The zero-order valence-corrected chi connectivity index (χ0v) is 14.4. The normalized spacial score (nSPS) is 11.2. The quantitative estimate of drug-likeness (QED) is 0.802. The van der Waals surface area contributed by atoms with Gasteiger partial charge in [-0.2, -0.15) is 0 Å². The summed E-state index contributed by atoms with van der Waals surface area (Å²) < 4.78 is 1.91. The summed E-state index contributed by atoms with van der Waals surface area (Å²) in [5, 5.41) is 2.87. The fourth-order valence-corrected chi connectivity index (χ4v) is 2.76. The third-order valence-electron chi connectivity index (χ3n) is 3.75. The highest BCUT2D eigenvalue weighted by Gasteiger charge is 2.15. The average Bonchev–Trinajstić information content (AvgIpc) is 2.91. The highest BCUT2D eigenvalue weighted by Crippen LogP contribution is 2.16. The maximum atomic E-state index is 12.6. The Kier molecular flexibility index (Phi) is 4.31. The standard InChI is InChI=1S/C18H21N5O/c1-12-9-13(2)23-8-6-15(17(23)20-12)18(24)21-16-10-14(5-7-19-16)11-22(3)4/h5-10H,11H2,1-4H3,(H,19,21,24). The third kappa shape index (κ3) is 3.28. The first-order valence-electron chi connectivity index (χ1n) is 7.80. The number of nitrogens with zero attached hydrogens (tertiary/aromatic N) is 4. The molecular formula is C18H21N5O. The molecule has 3 aromatic heterocycles.